The highest BCUT2D eigenvalue weighted by atomic mass is 33.1. The van der Waals surface area contributed by atoms with Crippen LogP contribution in [0.4, 0.5) is 10.2 Å². The molecule has 0 unspecified atom stereocenters. The molecular formula is C20H26FN3O3S2. The second kappa shape index (κ2) is 9.30. The summed E-state index contributed by atoms with van der Waals surface area (Å²) in [6.07, 6.45) is 11.0. The molecule has 0 atom stereocenters. The number of aromatic nitrogens is 2. The summed E-state index contributed by atoms with van der Waals surface area (Å²) in [5.74, 6) is 0.482. The molecule has 1 aliphatic rings. The lowest BCUT2D eigenvalue weighted by Gasteiger charge is -2.27. The molecule has 1 fully saturated rings. The average Bonchev–Trinajstić information content (AvgIpc) is 2.69. The summed E-state index contributed by atoms with van der Waals surface area (Å²) in [6.45, 7) is 4.20. The van der Waals surface area contributed by atoms with Gasteiger partial charge in [-0.05, 0) is 78.3 Å². The van der Waals surface area contributed by atoms with Crippen LogP contribution in [0.3, 0.4) is 0 Å². The first-order chi connectivity index (χ1) is 13.8. The average molecular weight is 440 g/mol. The first kappa shape index (κ1) is 21.8. The minimum absolute atomic E-state index is 0.187. The van der Waals surface area contributed by atoms with Crippen LogP contribution in [-0.2, 0) is 15.5 Å². The van der Waals surface area contributed by atoms with Crippen LogP contribution in [0.25, 0.3) is 0 Å². The molecule has 0 saturated heterocycles. The number of nitrogens with one attached hydrogen (secondary N) is 1. The van der Waals surface area contributed by atoms with E-state index in [1.807, 2.05) is 6.92 Å². The largest absolute Gasteiger partial charge is 0.489 e. The van der Waals surface area contributed by atoms with Gasteiger partial charge in [0.2, 0.25) is 0 Å². The lowest BCUT2D eigenvalue weighted by Crippen LogP contribution is -2.23. The van der Waals surface area contributed by atoms with Crippen molar-refractivity contribution in [3.05, 3.63) is 47.2 Å². The van der Waals surface area contributed by atoms with Crippen molar-refractivity contribution in [3.63, 3.8) is 0 Å². The van der Waals surface area contributed by atoms with Crippen LogP contribution in [0.15, 0.2) is 24.7 Å². The Hall–Kier alpha value is -1.87. The van der Waals surface area contributed by atoms with Gasteiger partial charge in [-0.2, -0.15) is 8.42 Å². The monoisotopic (exact) mass is 439 g/mol. The molecule has 2 aromatic rings. The van der Waals surface area contributed by atoms with E-state index in [-0.39, 0.29) is 18.3 Å². The topological polar surface area (TPSA) is 81.2 Å². The summed E-state index contributed by atoms with van der Waals surface area (Å²) in [6, 6.07) is 1.54. The van der Waals surface area contributed by atoms with E-state index in [9.17, 15) is 12.8 Å². The third kappa shape index (κ3) is 5.60. The predicted octanol–water partition coefficient (Wildman–Crippen LogP) is 4.49. The summed E-state index contributed by atoms with van der Waals surface area (Å²) < 4.78 is 46.6. The molecule has 1 aliphatic carbocycles. The first-order valence-corrected chi connectivity index (χ1v) is 12.8. The maximum Gasteiger partial charge on any atom is 0.287 e. The number of hydrogen-bond acceptors (Lipinski definition) is 6. The molecule has 0 aromatic carbocycles. The van der Waals surface area contributed by atoms with E-state index in [2.05, 4.69) is 21.6 Å². The van der Waals surface area contributed by atoms with E-state index >= 15 is 0 Å². The molecule has 0 radical (unpaired) electrons. The Bertz CT molecular complexity index is 961. The van der Waals surface area contributed by atoms with Gasteiger partial charge in [0.1, 0.15) is 5.75 Å². The van der Waals surface area contributed by atoms with Crippen LogP contribution < -0.4 is 9.46 Å². The Morgan fingerprint density at radius 1 is 1.24 bits per heavy atom. The van der Waals surface area contributed by atoms with Gasteiger partial charge in [0.15, 0.2) is 11.6 Å². The molecule has 0 amide bonds. The van der Waals surface area contributed by atoms with Crippen molar-refractivity contribution in [2.45, 2.75) is 52.1 Å². The molecule has 158 valence electrons. The molecule has 3 rings (SSSR count). The number of ether oxygens (including phenoxy) is 1. The fraction of sp³-hybridized carbons (Fsp3) is 0.500. The highest BCUT2D eigenvalue weighted by Crippen LogP contribution is 2.30. The Labute approximate surface area is 175 Å². The van der Waals surface area contributed by atoms with E-state index < -0.39 is 14.9 Å². The lowest BCUT2D eigenvalue weighted by molar-refractivity contribution is 0.134. The third-order valence-corrected chi connectivity index (χ3v) is 7.77. The molecule has 29 heavy (non-hydrogen) atoms. The highest BCUT2D eigenvalue weighted by molar-refractivity contribution is 8.72. The maximum atomic E-state index is 14.8. The normalized spacial score (nSPS) is 19.7. The summed E-state index contributed by atoms with van der Waals surface area (Å²) in [5, 5.41) is 0. The Morgan fingerprint density at radius 3 is 2.66 bits per heavy atom. The van der Waals surface area contributed by atoms with Gasteiger partial charge in [0.25, 0.3) is 9.06 Å². The Morgan fingerprint density at radius 2 is 1.97 bits per heavy atom. The van der Waals surface area contributed by atoms with Gasteiger partial charge in [0, 0.05) is 18.8 Å². The van der Waals surface area contributed by atoms with Crippen LogP contribution in [0.2, 0.25) is 0 Å². The quantitative estimate of drug-likeness (QED) is 0.640. The van der Waals surface area contributed by atoms with E-state index in [1.54, 1.807) is 18.5 Å². The van der Waals surface area contributed by atoms with Crippen molar-refractivity contribution in [2.75, 3.05) is 11.0 Å². The van der Waals surface area contributed by atoms with Crippen LogP contribution in [0.1, 0.15) is 49.3 Å². The number of anilines is 1. The zero-order valence-electron chi connectivity index (χ0n) is 16.8. The molecule has 2 aromatic heterocycles. The minimum atomic E-state index is -3.69. The standard InChI is InChI=1S/C20H26FN3O3S2/c1-13-4-6-17(7-5-13)27-18-12-22-11-16(14(18)2)10-15-8-9-23-20(19(15)21)24-29(25,26)28-3/h8-9,11-13,17H,4-7,10H2,1-3H3,(H,23,24). The second-order valence-electron chi connectivity index (χ2n) is 7.45. The summed E-state index contributed by atoms with van der Waals surface area (Å²) in [4.78, 5) is 8.09. The molecule has 1 saturated carbocycles. The van der Waals surface area contributed by atoms with Crippen molar-refractivity contribution < 1.29 is 17.5 Å². The van der Waals surface area contributed by atoms with Crippen LogP contribution in [0, 0.1) is 18.7 Å². The fourth-order valence-corrected chi connectivity index (χ4v) is 4.38. The van der Waals surface area contributed by atoms with Gasteiger partial charge in [-0.3, -0.25) is 9.71 Å². The van der Waals surface area contributed by atoms with Crippen LogP contribution >= 0.6 is 10.8 Å². The van der Waals surface area contributed by atoms with Crippen molar-refractivity contribution in [3.8, 4) is 5.75 Å². The minimum Gasteiger partial charge on any atom is -0.489 e. The smallest absolute Gasteiger partial charge is 0.287 e. The SMILES string of the molecule is CSS(=O)(=O)Nc1nccc(Cc2cncc(OC3CCC(C)CC3)c2C)c1F. The van der Waals surface area contributed by atoms with Gasteiger partial charge in [-0.1, -0.05) is 6.92 Å². The Balaban J connectivity index is 1.79. The second-order valence-corrected chi connectivity index (χ2v) is 11.2. The molecule has 2 heterocycles. The molecule has 0 aliphatic heterocycles. The van der Waals surface area contributed by atoms with E-state index in [1.165, 1.54) is 12.5 Å². The Kier molecular flexibility index (Phi) is 7.00. The molecule has 9 heteroatoms. The lowest BCUT2D eigenvalue weighted by atomic mass is 9.89. The number of nitrogens with zero attached hydrogens (tertiary/aromatic N) is 2. The van der Waals surface area contributed by atoms with Gasteiger partial charge in [-0.25, -0.2) is 9.37 Å². The van der Waals surface area contributed by atoms with Gasteiger partial charge in [0.05, 0.1) is 12.3 Å². The maximum absolute atomic E-state index is 14.8. The molecular weight excluding hydrogens is 413 g/mol. The van der Waals surface area contributed by atoms with E-state index in [0.29, 0.717) is 16.4 Å². The molecule has 0 bridgehead atoms. The van der Waals surface area contributed by atoms with Crippen molar-refractivity contribution in [1.82, 2.24) is 9.97 Å². The van der Waals surface area contributed by atoms with Gasteiger partial charge in [-0.15, -0.1) is 0 Å². The number of halogens is 1. The number of rotatable bonds is 7. The number of pyridine rings is 2. The zero-order valence-corrected chi connectivity index (χ0v) is 18.4. The summed E-state index contributed by atoms with van der Waals surface area (Å²) in [5.41, 5.74) is 2.09. The van der Waals surface area contributed by atoms with Crippen molar-refractivity contribution >= 4 is 25.7 Å². The van der Waals surface area contributed by atoms with Gasteiger partial charge >= 0.3 is 0 Å². The third-order valence-electron chi connectivity index (χ3n) is 5.32. The molecule has 0 spiro atoms. The molecule has 1 N–H and O–H groups in total. The summed E-state index contributed by atoms with van der Waals surface area (Å²) in [7, 11) is -3.10. The van der Waals surface area contributed by atoms with E-state index in [4.69, 9.17) is 4.74 Å². The number of hydrogen-bond donors (Lipinski definition) is 1. The summed E-state index contributed by atoms with van der Waals surface area (Å²) >= 11 is 0. The van der Waals surface area contributed by atoms with E-state index in [0.717, 1.165) is 48.5 Å². The van der Waals surface area contributed by atoms with Crippen LogP contribution in [0.5, 0.6) is 5.75 Å². The first-order valence-electron chi connectivity index (χ1n) is 9.61. The fourth-order valence-electron chi connectivity index (χ4n) is 3.43. The van der Waals surface area contributed by atoms with Crippen molar-refractivity contribution in [2.24, 2.45) is 5.92 Å². The van der Waals surface area contributed by atoms with Crippen LogP contribution in [-0.4, -0.2) is 30.7 Å². The predicted molar refractivity (Wildman–Crippen MR) is 114 cm³/mol. The van der Waals surface area contributed by atoms with Gasteiger partial charge < -0.3 is 4.74 Å². The zero-order chi connectivity index (χ0) is 21.0. The highest BCUT2D eigenvalue weighted by Gasteiger charge is 2.21. The van der Waals surface area contributed by atoms with Crippen molar-refractivity contribution in [1.29, 1.82) is 0 Å². The molecule has 6 nitrogen and oxygen atoms in total.